The maximum atomic E-state index is 8.85. The fourth-order valence-electron chi connectivity index (χ4n) is 2.07. The summed E-state index contributed by atoms with van der Waals surface area (Å²) in [4.78, 5) is 4.65. The number of aryl methyl sites for hydroxylation is 1. The number of rotatable bonds is 4. The lowest BCUT2D eigenvalue weighted by atomic mass is 10.1. The molecule has 19 heavy (non-hydrogen) atoms. The molecule has 0 unspecified atom stereocenters. The molecular formula is C15H19N3S. The molecule has 4 heteroatoms. The Kier molecular flexibility index (Phi) is 4.86. The van der Waals surface area contributed by atoms with Crippen molar-refractivity contribution in [2.24, 2.45) is 4.99 Å². The Hall–Kier alpha value is -1.47. The van der Waals surface area contributed by atoms with Crippen LogP contribution in [0, 0.1) is 18.3 Å². The van der Waals surface area contributed by atoms with E-state index in [1.54, 1.807) is 11.8 Å². The molecule has 1 aliphatic heterocycles. The molecule has 1 aliphatic rings. The summed E-state index contributed by atoms with van der Waals surface area (Å²) < 4.78 is 0. The van der Waals surface area contributed by atoms with E-state index in [0.29, 0.717) is 11.6 Å². The van der Waals surface area contributed by atoms with Crippen LogP contribution in [0.3, 0.4) is 0 Å². The highest BCUT2D eigenvalue weighted by atomic mass is 32.2. The molecule has 0 amide bonds. The van der Waals surface area contributed by atoms with Crippen molar-refractivity contribution in [2.75, 3.05) is 5.75 Å². The third-order valence-electron chi connectivity index (χ3n) is 3.20. The van der Waals surface area contributed by atoms with Crippen molar-refractivity contribution >= 4 is 22.6 Å². The second-order valence-corrected chi connectivity index (χ2v) is 5.83. The van der Waals surface area contributed by atoms with Crippen LogP contribution in [0.4, 0.5) is 5.69 Å². The third kappa shape index (κ3) is 3.74. The molecule has 1 N–H and O–H groups in total. The minimum Gasteiger partial charge on any atom is -0.361 e. The summed E-state index contributed by atoms with van der Waals surface area (Å²) in [6.45, 7) is 4.21. The van der Waals surface area contributed by atoms with Crippen LogP contribution in [-0.2, 0) is 0 Å². The van der Waals surface area contributed by atoms with E-state index in [9.17, 15) is 0 Å². The number of hydrogen-bond donors (Lipinski definition) is 1. The van der Waals surface area contributed by atoms with Crippen LogP contribution in [0.1, 0.15) is 37.3 Å². The molecule has 0 bridgehead atoms. The smallest absolute Gasteiger partial charge is 0.162 e. The number of unbranched alkanes of at least 4 members (excludes halogenated alkanes) is 1. The van der Waals surface area contributed by atoms with Gasteiger partial charge in [0.25, 0.3) is 0 Å². The van der Waals surface area contributed by atoms with Crippen LogP contribution in [0.25, 0.3) is 0 Å². The Morgan fingerprint density at radius 1 is 1.53 bits per heavy atom. The normalized spacial score (nSPS) is 20.3. The molecule has 0 spiro atoms. The van der Waals surface area contributed by atoms with E-state index in [4.69, 9.17) is 5.26 Å². The van der Waals surface area contributed by atoms with Crippen molar-refractivity contribution in [1.29, 1.82) is 5.26 Å². The van der Waals surface area contributed by atoms with Gasteiger partial charge in [-0.1, -0.05) is 31.5 Å². The molecule has 3 nitrogen and oxygen atoms in total. The summed E-state index contributed by atoms with van der Waals surface area (Å²) in [6, 6.07) is 8.33. The van der Waals surface area contributed by atoms with Gasteiger partial charge < -0.3 is 5.32 Å². The molecule has 1 fully saturated rings. The molecule has 0 radical (unpaired) electrons. The number of aliphatic imine (C=N–C) groups is 1. The van der Waals surface area contributed by atoms with Crippen molar-refractivity contribution in [3.05, 3.63) is 29.3 Å². The minimum absolute atomic E-state index is 0.558. The average molecular weight is 273 g/mol. The van der Waals surface area contributed by atoms with Gasteiger partial charge in [-0.05, 0) is 37.1 Å². The number of thioether (sulfide) groups is 1. The molecule has 1 aromatic carbocycles. The fourth-order valence-corrected chi connectivity index (χ4v) is 3.09. The first kappa shape index (κ1) is 14.0. The first-order valence-corrected chi connectivity index (χ1v) is 7.70. The summed E-state index contributed by atoms with van der Waals surface area (Å²) in [6.07, 6.45) is 3.72. The first-order valence-electron chi connectivity index (χ1n) is 6.71. The topological polar surface area (TPSA) is 48.2 Å². The molecule has 2 rings (SSSR count). The van der Waals surface area contributed by atoms with Crippen molar-refractivity contribution in [3.63, 3.8) is 0 Å². The molecule has 0 aromatic heterocycles. The predicted molar refractivity (Wildman–Crippen MR) is 81.9 cm³/mol. The van der Waals surface area contributed by atoms with Gasteiger partial charge in [0.05, 0.1) is 17.3 Å². The molecule has 0 saturated carbocycles. The number of nitrogens with one attached hydrogen (secondary N) is 1. The first-order chi connectivity index (χ1) is 9.22. The number of amidine groups is 1. The zero-order valence-corrected chi connectivity index (χ0v) is 12.3. The number of nitrogens with zero attached hydrogens (tertiary/aromatic N) is 2. The van der Waals surface area contributed by atoms with Gasteiger partial charge in [-0.15, -0.1) is 0 Å². The Bertz CT molecular complexity index is 517. The van der Waals surface area contributed by atoms with Crippen LogP contribution in [-0.4, -0.2) is 17.0 Å². The second kappa shape index (κ2) is 6.63. The molecular weight excluding hydrogens is 254 g/mol. The maximum absolute atomic E-state index is 8.85. The van der Waals surface area contributed by atoms with E-state index < -0.39 is 0 Å². The van der Waals surface area contributed by atoms with Gasteiger partial charge in [-0.25, -0.2) is 4.99 Å². The summed E-state index contributed by atoms with van der Waals surface area (Å²) in [5.74, 6) is 1.11. The van der Waals surface area contributed by atoms with E-state index in [2.05, 4.69) is 23.3 Å². The third-order valence-corrected chi connectivity index (χ3v) is 4.25. The highest BCUT2D eigenvalue weighted by molar-refractivity contribution is 8.14. The van der Waals surface area contributed by atoms with Crippen LogP contribution in [0.15, 0.2) is 23.2 Å². The molecule has 1 atom stereocenters. The van der Waals surface area contributed by atoms with E-state index in [-0.39, 0.29) is 0 Å². The van der Waals surface area contributed by atoms with Crippen LogP contribution < -0.4 is 5.32 Å². The van der Waals surface area contributed by atoms with E-state index >= 15 is 0 Å². The van der Waals surface area contributed by atoms with Crippen molar-refractivity contribution in [1.82, 2.24) is 5.32 Å². The Morgan fingerprint density at radius 2 is 2.37 bits per heavy atom. The van der Waals surface area contributed by atoms with E-state index in [1.165, 1.54) is 19.3 Å². The zero-order chi connectivity index (χ0) is 13.7. The van der Waals surface area contributed by atoms with E-state index in [1.807, 2.05) is 25.1 Å². The summed E-state index contributed by atoms with van der Waals surface area (Å²) in [5.41, 5.74) is 2.69. The number of benzene rings is 1. The minimum atomic E-state index is 0.558. The van der Waals surface area contributed by atoms with Crippen LogP contribution >= 0.6 is 11.8 Å². The molecule has 100 valence electrons. The Balaban J connectivity index is 2.05. The van der Waals surface area contributed by atoms with Gasteiger partial charge in [0.15, 0.2) is 5.17 Å². The zero-order valence-electron chi connectivity index (χ0n) is 11.4. The van der Waals surface area contributed by atoms with Gasteiger partial charge >= 0.3 is 0 Å². The Morgan fingerprint density at radius 3 is 3.05 bits per heavy atom. The lowest BCUT2D eigenvalue weighted by Gasteiger charge is -2.08. The van der Waals surface area contributed by atoms with Crippen molar-refractivity contribution < 1.29 is 0 Å². The van der Waals surface area contributed by atoms with Gasteiger partial charge in [0.1, 0.15) is 0 Å². The highest BCUT2D eigenvalue weighted by Crippen LogP contribution is 2.24. The second-order valence-electron chi connectivity index (χ2n) is 4.82. The standard InChI is InChI=1S/C15H19N3S/c1-3-4-5-13-10-19-15(17-13)18-14-7-6-12(9-16)8-11(14)2/h6-8,13H,3-5,10H2,1-2H3,(H,17,18)/t13-/m0/s1. The SMILES string of the molecule is CCCC[C@H]1CSC(=Nc2ccc(C#N)cc2C)N1. The summed E-state index contributed by atoms with van der Waals surface area (Å²) >= 11 is 1.79. The average Bonchev–Trinajstić information content (AvgIpc) is 2.86. The number of nitriles is 1. The van der Waals surface area contributed by atoms with Crippen molar-refractivity contribution in [3.8, 4) is 6.07 Å². The molecule has 1 saturated heterocycles. The number of hydrogen-bond acceptors (Lipinski definition) is 3. The van der Waals surface area contributed by atoms with Crippen LogP contribution in [0.5, 0.6) is 0 Å². The largest absolute Gasteiger partial charge is 0.361 e. The van der Waals surface area contributed by atoms with E-state index in [0.717, 1.165) is 22.2 Å². The summed E-state index contributed by atoms with van der Waals surface area (Å²) in [7, 11) is 0. The van der Waals surface area contributed by atoms with Crippen LogP contribution in [0.2, 0.25) is 0 Å². The lowest BCUT2D eigenvalue weighted by Crippen LogP contribution is -2.26. The maximum Gasteiger partial charge on any atom is 0.162 e. The molecule has 1 aromatic rings. The van der Waals surface area contributed by atoms with Gasteiger partial charge in [-0.2, -0.15) is 5.26 Å². The highest BCUT2D eigenvalue weighted by Gasteiger charge is 2.19. The predicted octanol–water partition coefficient (Wildman–Crippen LogP) is 3.75. The lowest BCUT2D eigenvalue weighted by molar-refractivity contribution is 0.588. The molecule has 1 heterocycles. The van der Waals surface area contributed by atoms with Gasteiger partial charge in [-0.3, -0.25) is 0 Å². The Labute approximate surface area is 119 Å². The van der Waals surface area contributed by atoms with Gasteiger partial charge in [0.2, 0.25) is 0 Å². The van der Waals surface area contributed by atoms with Gasteiger partial charge in [0, 0.05) is 11.8 Å². The quantitative estimate of drug-likeness (QED) is 0.909. The summed E-state index contributed by atoms with van der Waals surface area (Å²) in [5, 5.41) is 13.3. The molecule has 0 aliphatic carbocycles. The monoisotopic (exact) mass is 273 g/mol. The van der Waals surface area contributed by atoms with Crippen molar-refractivity contribution in [2.45, 2.75) is 39.2 Å². The fraction of sp³-hybridized carbons (Fsp3) is 0.467.